The molecule has 2 aromatic heterocycles. The molecule has 5 nitrogen and oxygen atoms in total. The number of hydrogen-bond acceptors (Lipinski definition) is 4. The fourth-order valence-corrected chi connectivity index (χ4v) is 3.88. The molecule has 2 aromatic rings. The van der Waals surface area contributed by atoms with Crippen LogP contribution in [-0.2, 0) is 13.1 Å². The van der Waals surface area contributed by atoms with Crippen LogP contribution >= 0.6 is 23.6 Å². The maximum atomic E-state index is 7.16. The summed E-state index contributed by atoms with van der Waals surface area (Å²) in [6.45, 7) is 12.9. The molecule has 1 aliphatic rings. The van der Waals surface area contributed by atoms with Crippen molar-refractivity contribution in [1.29, 1.82) is 0 Å². The van der Waals surface area contributed by atoms with Gasteiger partial charge in [0.25, 0.3) is 0 Å². The third-order valence-electron chi connectivity index (χ3n) is 3.81. The van der Waals surface area contributed by atoms with Gasteiger partial charge in [0, 0.05) is 18.8 Å². The Morgan fingerprint density at radius 3 is 2.73 bits per heavy atom. The van der Waals surface area contributed by atoms with Gasteiger partial charge in [-0.05, 0) is 57.0 Å². The Hall–Kier alpha value is -1.78. The van der Waals surface area contributed by atoms with Gasteiger partial charge < -0.3 is 0 Å². The summed E-state index contributed by atoms with van der Waals surface area (Å²) in [5, 5.41) is 0. The van der Waals surface area contributed by atoms with Crippen molar-refractivity contribution >= 4 is 35.1 Å². The summed E-state index contributed by atoms with van der Waals surface area (Å²) < 4.78 is 5.20. The Kier molecular flexibility index (Phi) is 4.23. The van der Waals surface area contributed by atoms with Crippen LogP contribution in [0, 0.1) is 24.4 Å². The molecule has 0 radical (unpaired) electrons. The molecule has 0 saturated heterocycles. The lowest BCUT2D eigenvalue weighted by atomic mass is 10.2. The van der Waals surface area contributed by atoms with Crippen LogP contribution in [0.1, 0.15) is 30.5 Å². The Morgan fingerprint density at radius 1 is 1.27 bits per heavy atom. The first-order valence-corrected chi connectivity index (χ1v) is 8.54. The number of nitrogens with zero attached hydrogens (tertiary/aromatic N) is 5. The van der Waals surface area contributed by atoms with E-state index in [1.807, 2.05) is 19.9 Å². The first-order valence-electron chi connectivity index (χ1n) is 7.31. The van der Waals surface area contributed by atoms with Gasteiger partial charge in [0.15, 0.2) is 9.77 Å². The maximum absolute atomic E-state index is 7.16. The molecule has 0 spiro atoms. The van der Waals surface area contributed by atoms with Crippen LogP contribution in [0.2, 0.25) is 0 Å². The number of fused-ring (bicyclic) bond motifs is 1. The summed E-state index contributed by atoms with van der Waals surface area (Å²) in [5.41, 5.74) is 2.23. The zero-order valence-electron chi connectivity index (χ0n) is 12.7. The molecule has 7 heteroatoms. The third kappa shape index (κ3) is 2.76. The van der Waals surface area contributed by atoms with Crippen molar-refractivity contribution in [2.45, 2.75) is 46.2 Å². The van der Waals surface area contributed by atoms with Crippen molar-refractivity contribution in [2.24, 2.45) is 4.99 Å². The van der Waals surface area contributed by atoms with E-state index in [9.17, 15) is 0 Å². The van der Waals surface area contributed by atoms with Gasteiger partial charge >= 0.3 is 0 Å². The van der Waals surface area contributed by atoms with E-state index in [2.05, 4.69) is 19.2 Å². The first kappa shape index (κ1) is 15.1. The Labute approximate surface area is 138 Å². The monoisotopic (exact) mass is 331 g/mol. The van der Waals surface area contributed by atoms with E-state index in [4.69, 9.17) is 23.8 Å². The molecule has 0 unspecified atom stereocenters. The standard InChI is InChI=1S/C15H17N5S2/c1-10-9-12(16-3)11(2)17-13(10)18-14-19-7-5-4-6-8-20(19)15(21)22-14/h9H,4-8H2,1-2H3. The smallest absolute Gasteiger partial charge is 0.209 e. The second kappa shape index (κ2) is 6.15. The third-order valence-corrected chi connectivity index (χ3v) is 5.14. The van der Waals surface area contributed by atoms with Crippen molar-refractivity contribution in [3.63, 3.8) is 0 Å². The molecule has 0 fully saturated rings. The highest BCUT2D eigenvalue weighted by Crippen LogP contribution is 2.24. The van der Waals surface area contributed by atoms with Crippen molar-refractivity contribution in [3.8, 4) is 0 Å². The molecule has 3 rings (SSSR count). The van der Waals surface area contributed by atoms with E-state index < -0.39 is 0 Å². The topological polar surface area (TPSA) is 39.5 Å². The number of rotatable bonds is 1. The Balaban J connectivity index is 2.17. The van der Waals surface area contributed by atoms with E-state index in [0.29, 0.717) is 11.5 Å². The molecule has 0 amide bonds. The second-order valence-corrected chi connectivity index (χ2v) is 7.02. The summed E-state index contributed by atoms with van der Waals surface area (Å²) in [7, 11) is 0. The molecule has 0 bridgehead atoms. The molecule has 3 heterocycles. The van der Waals surface area contributed by atoms with Gasteiger partial charge in [0.2, 0.25) is 10.5 Å². The molecule has 0 saturated carbocycles. The number of aromatic nitrogens is 3. The van der Waals surface area contributed by atoms with E-state index >= 15 is 0 Å². The average molecular weight is 331 g/mol. The number of pyridine rings is 1. The van der Waals surface area contributed by atoms with Gasteiger partial charge in [0.1, 0.15) is 0 Å². The summed E-state index contributed by atoms with van der Waals surface area (Å²) in [4.78, 5) is 13.6. The summed E-state index contributed by atoms with van der Waals surface area (Å²) in [6, 6.07) is 1.85. The van der Waals surface area contributed by atoms with Gasteiger partial charge in [-0.2, -0.15) is 4.99 Å². The van der Waals surface area contributed by atoms with E-state index in [1.165, 1.54) is 24.2 Å². The lowest BCUT2D eigenvalue weighted by Crippen LogP contribution is -2.22. The molecule has 22 heavy (non-hydrogen) atoms. The molecular formula is C15H17N5S2. The molecule has 0 aliphatic carbocycles. The van der Waals surface area contributed by atoms with Gasteiger partial charge in [-0.3, -0.25) is 9.36 Å². The summed E-state index contributed by atoms with van der Waals surface area (Å²) in [6.07, 6.45) is 3.55. The minimum atomic E-state index is 0.590. The highest BCUT2D eigenvalue weighted by molar-refractivity contribution is 7.73. The van der Waals surface area contributed by atoms with Gasteiger partial charge in [-0.25, -0.2) is 9.83 Å². The van der Waals surface area contributed by atoms with Gasteiger partial charge in [-0.1, -0.05) is 11.3 Å². The average Bonchev–Trinajstić information content (AvgIpc) is 2.69. The molecular weight excluding hydrogens is 314 g/mol. The van der Waals surface area contributed by atoms with Crippen molar-refractivity contribution in [3.05, 3.63) is 37.5 Å². The predicted molar refractivity (Wildman–Crippen MR) is 90.2 cm³/mol. The molecule has 0 N–H and O–H groups in total. The van der Waals surface area contributed by atoms with Crippen molar-refractivity contribution in [1.82, 2.24) is 14.3 Å². The predicted octanol–water partition coefficient (Wildman–Crippen LogP) is 4.06. The van der Waals surface area contributed by atoms with E-state index in [0.717, 1.165) is 39.5 Å². The van der Waals surface area contributed by atoms with E-state index in [1.54, 1.807) is 0 Å². The van der Waals surface area contributed by atoms with Crippen molar-refractivity contribution < 1.29 is 0 Å². The quantitative estimate of drug-likeness (QED) is 0.584. The van der Waals surface area contributed by atoms with Crippen LogP contribution in [0.4, 0.5) is 11.5 Å². The minimum Gasteiger partial charge on any atom is -0.264 e. The lowest BCUT2D eigenvalue weighted by molar-refractivity contribution is 0.468. The Bertz CT molecular complexity index is 879. The lowest BCUT2D eigenvalue weighted by Gasteiger charge is -2.07. The molecule has 0 atom stereocenters. The fourth-order valence-electron chi connectivity index (χ4n) is 2.59. The molecule has 114 valence electrons. The summed E-state index contributed by atoms with van der Waals surface area (Å²) >= 11 is 7.01. The van der Waals surface area contributed by atoms with E-state index in [-0.39, 0.29) is 0 Å². The van der Waals surface area contributed by atoms with Crippen LogP contribution in [0.25, 0.3) is 4.85 Å². The van der Waals surface area contributed by atoms with Crippen LogP contribution in [0.3, 0.4) is 0 Å². The highest BCUT2D eigenvalue weighted by Gasteiger charge is 2.11. The number of hydrogen-bond donors (Lipinski definition) is 0. The Morgan fingerprint density at radius 2 is 2.00 bits per heavy atom. The van der Waals surface area contributed by atoms with Crippen LogP contribution < -0.4 is 4.80 Å². The number of aryl methyl sites for hydroxylation is 2. The fraction of sp³-hybridized carbons (Fsp3) is 0.467. The highest BCUT2D eigenvalue weighted by atomic mass is 32.1. The molecule has 1 aliphatic heterocycles. The zero-order valence-corrected chi connectivity index (χ0v) is 14.3. The largest absolute Gasteiger partial charge is 0.264 e. The van der Waals surface area contributed by atoms with Gasteiger partial charge in [-0.15, -0.1) is 0 Å². The van der Waals surface area contributed by atoms with Crippen LogP contribution in [0.15, 0.2) is 11.1 Å². The van der Waals surface area contributed by atoms with Crippen LogP contribution in [0.5, 0.6) is 0 Å². The van der Waals surface area contributed by atoms with Crippen molar-refractivity contribution in [2.75, 3.05) is 0 Å². The normalized spacial score (nSPS) is 15.2. The van der Waals surface area contributed by atoms with Gasteiger partial charge in [0.05, 0.1) is 6.57 Å². The SMILES string of the molecule is [C-]#[N+]c1cc(C)c(N=c2sc(=S)n3n2CCCCC3)nc1C. The zero-order chi connectivity index (χ0) is 15.7. The first-order chi connectivity index (χ1) is 10.6. The maximum Gasteiger partial charge on any atom is 0.209 e. The second-order valence-electron chi connectivity index (χ2n) is 5.41. The minimum absolute atomic E-state index is 0.590. The summed E-state index contributed by atoms with van der Waals surface area (Å²) in [5.74, 6) is 0.682. The molecule has 0 aromatic carbocycles. The van der Waals surface area contributed by atoms with Crippen LogP contribution in [-0.4, -0.2) is 14.3 Å².